The molecule has 0 unspecified atom stereocenters. The van der Waals surface area contributed by atoms with Gasteiger partial charge in [0, 0.05) is 28.6 Å². The van der Waals surface area contributed by atoms with Gasteiger partial charge >= 0.3 is 12.1 Å². The zero-order valence-electron chi connectivity index (χ0n) is 19.6. The van der Waals surface area contributed by atoms with E-state index in [2.05, 4.69) is 10.1 Å². The molecule has 1 N–H and O–H groups in total. The number of aryl methyl sites for hydroxylation is 1. The van der Waals surface area contributed by atoms with E-state index in [4.69, 9.17) is 4.74 Å². The van der Waals surface area contributed by atoms with Crippen LogP contribution in [-0.4, -0.2) is 25.8 Å². The van der Waals surface area contributed by atoms with Crippen LogP contribution in [0.15, 0.2) is 48.7 Å². The predicted octanol–water partition coefficient (Wildman–Crippen LogP) is 5.69. The number of fused-ring (bicyclic) bond motifs is 4. The van der Waals surface area contributed by atoms with Gasteiger partial charge in [0.2, 0.25) is 5.88 Å². The van der Waals surface area contributed by atoms with Crippen molar-refractivity contribution in [2.24, 2.45) is 11.8 Å². The highest BCUT2D eigenvalue weighted by Gasteiger charge is 2.60. The third kappa shape index (κ3) is 3.82. The molecule has 1 fully saturated rings. The Labute approximate surface area is 208 Å². The van der Waals surface area contributed by atoms with Gasteiger partial charge in [0.15, 0.2) is 0 Å². The fourth-order valence-corrected chi connectivity index (χ4v) is 5.61. The van der Waals surface area contributed by atoms with Gasteiger partial charge in [-0.25, -0.2) is 14.1 Å². The quantitative estimate of drug-likeness (QED) is 0.337. The van der Waals surface area contributed by atoms with Crippen LogP contribution in [0.2, 0.25) is 0 Å². The second-order valence-corrected chi connectivity index (χ2v) is 9.45. The molecule has 2 aliphatic carbocycles. The Bertz CT molecular complexity index is 1560. The number of benzene rings is 2. The lowest BCUT2D eigenvalue weighted by Crippen LogP contribution is -2.11. The van der Waals surface area contributed by atoms with E-state index < -0.39 is 23.5 Å². The van der Waals surface area contributed by atoms with Crippen LogP contribution in [0.4, 0.5) is 17.6 Å². The molecule has 0 saturated heterocycles. The van der Waals surface area contributed by atoms with Crippen molar-refractivity contribution in [1.29, 1.82) is 0 Å². The summed E-state index contributed by atoms with van der Waals surface area (Å²) in [5.74, 6) is -1.35. The smallest absolute Gasteiger partial charge is 0.418 e. The van der Waals surface area contributed by atoms with Crippen LogP contribution in [0.5, 0.6) is 5.88 Å². The van der Waals surface area contributed by atoms with Gasteiger partial charge in [0.25, 0.3) is 0 Å². The number of hydrogen-bond donors (Lipinski definition) is 1. The largest absolute Gasteiger partial charge is 0.481 e. The highest BCUT2D eigenvalue weighted by Crippen LogP contribution is 2.62. The Kier molecular flexibility index (Phi) is 5.25. The normalized spacial score (nSPS) is 20.1. The number of carboxylic acids is 1. The molecule has 0 spiro atoms. The first-order valence-corrected chi connectivity index (χ1v) is 11.9. The molecule has 6 rings (SSSR count). The zero-order valence-corrected chi connectivity index (χ0v) is 19.6. The molecule has 1 saturated carbocycles. The maximum absolute atomic E-state index is 14.9. The number of para-hydroxylation sites is 1. The van der Waals surface area contributed by atoms with Crippen molar-refractivity contribution in [3.8, 4) is 11.6 Å². The summed E-state index contributed by atoms with van der Waals surface area (Å²) in [5, 5.41) is 13.8. The molecule has 3 atom stereocenters. The second kappa shape index (κ2) is 8.29. The number of carbonyl (C=O) groups is 1. The number of ether oxygens (including phenoxy) is 1. The number of hydrogen-bond acceptors (Lipinski definition) is 4. The zero-order chi connectivity index (χ0) is 26.1. The molecule has 2 aromatic heterocycles. The maximum atomic E-state index is 14.9. The van der Waals surface area contributed by atoms with Crippen LogP contribution < -0.4 is 4.74 Å². The van der Waals surface area contributed by atoms with Crippen molar-refractivity contribution < 1.29 is 32.2 Å². The second-order valence-electron chi connectivity index (χ2n) is 9.45. The van der Waals surface area contributed by atoms with E-state index in [-0.39, 0.29) is 35.6 Å². The van der Waals surface area contributed by atoms with E-state index in [1.165, 1.54) is 36.5 Å². The number of aromatic nitrogens is 3. The maximum Gasteiger partial charge on any atom is 0.418 e. The van der Waals surface area contributed by atoms with Gasteiger partial charge in [0.1, 0.15) is 12.4 Å². The molecule has 2 aromatic carbocycles. The summed E-state index contributed by atoms with van der Waals surface area (Å²) in [4.78, 5) is 16.0. The van der Waals surface area contributed by atoms with Gasteiger partial charge in [-0.15, -0.1) is 0 Å². The minimum absolute atomic E-state index is 0.0104. The molecule has 0 radical (unpaired) electrons. The van der Waals surface area contributed by atoms with Gasteiger partial charge < -0.3 is 9.84 Å². The average Bonchev–Trinajstić information content (AvgIpc) is 3.21. The molecule has 0 aliphatic heterocycles. The average molecular weight is 511 g/mol. The van der Waals surface area contributed by atoms with E-state index in [1.807, 2.05) is 6.92 Å². The lowest BCUT2D eigenvalue weighted by molar-refractivity contribution is -0.139. The van der Waals surface area contributed by atoms with Crippen LogP contribution in [0, 0.1) is 17.7 Å². The van der Waals surface area contributed by atoms with E-state index in [0.29, 0.717) is 29.6 Å². The molecule has 2 aliphatic rings. The highest BCUT2D eigenvalue weighted by molar-refractivity contribution is 5.81. The SMILES string of the molecule is CCc1nc(OCc2cc3c(cnn3-c3ccccc3C(F)(F)F)cc2F)cc2c1[C@H]1[C@@H](C2)[C@@H]1C(=O)O. The Morgan fingerprint density at radius 2 is 2.00 bits per heavy atom. The van der Waals surface area contributed by atoms with E-state index in [1.54, 1.807) is 6.07 Å². The number of halogens is 4. The first-order chi connectivity index (χ1) is 17.7. The van der Waals surface area contributed by atoms with E-state index >= 15 is 0 Å². The van der Waals surface area contributed by atoms with E-state index in [9.17, 15) is 27.5 Å². The van der Waals surface area contributed by atoms with Crippen molar-refractivity contribution in [2.45, 2.75) is 38.5 Å². The van der Waals surface area contributed by atoms with Gasteiger partial charge in [-0.2, -0.15) is 18.3 Å². The molecule has 37 heavy (non-hydrogen) atoms. The fraction of sp³-hybridized carbons (Fsp3) is 0.296. The molecule has 0 amide bonds. The first kappa shape index (κ1) is 23.4. The van der Waals surface area contributed by atoms with Crippen molar-refractivity contribution in [3.05, 3.63) is 82.4 Å². The molecule has 2 heterocycles. The summed E-state index contributed by atoms with van der Waals surface area (Å²) in [5.41, 5.74) is 2.23. The van der Waals surface area contributed by atoms with Gasteiger partial charge in [-0.05, 0) is 54.2 Å². The monoisotopic (exact) mass is 511 g/mol. The molecule has 190 valence electrons. The molecule has 4 aromatic rings. The summed E-state index contributed by atoms with van der Waals surface area (Å²) < 4.78 is 62.6. The Morgan fingerprint density at radius 1 is 1.22 bits per heavy atom. The topological polar surface area (TPSA) is 77.2 Å². The minimum atomic E-state index is -4.58. The van der Waals surface area contributed by atoms with Crippen molar-refractivity contribution >= 4 is 16.9 Å². The van der Waals surface area contributed by atoms with Crippen LogP contribution in [0.3, 0.4) is 0 Å². The van der Waals surface area contributed by atoms with Crippen molar-refractivity contribution in [2.75, 3.05) is 0 Å². The number of nitrogens with zero attached hydrogens (tertiary/aromatic N) is 3. The Morgan fingerprint density at radius 3 is 2.73 bits per heavy atom. The lowest BCUT2D eigenvalue weighted by Gasteiger charge is -2.15. The summed E-state index contributed by atoms with van der Waals surface area (Å²) in [7, 11) is 0. The standard InChI is InChI=1S/C27H21F4N3O3/c1-2-19-23-13(7-16-24(23)25(16)26(35)36)10-22(33-19)37-12-15-9-21-14(8-18(15)28)11-32-34(21)20-6-4-3-5-17(20)27(29,30)31/h3-6,8-11,16,24-25H,2,7,12H2,1H3,(H,35,36)/t16-,24-,25+/m1/s1. The molecular formula is C27H21F4N3O3. The number of aliphatic carboxylic acids is 1. The Hall–Kier alpha value is -3.95. The minimum Gasteiger partial charge on any atom is -0.481 e. The van der Waals surface area contributed by atoms with Gasteiger partial charge in [0.05, 0.1) is 28.9 Å². The molecule has 0 bridgehead atoms. The molecular weight excluding hydrogens is 490 g/mol. The van der Waals surface area contributed by atoms with Crippen molar-refractivity contribution in [3.63, 3.8) is 0 Å². The summed E-state index contributed by atoms with van der Waals surface area (Å²) in [6.07, 6.45) is -2.02. The van der Waals surface area contributed by atoms with Crippen LogP contribution in [-0.2, 0) is 30.4 Å². The first-order valence-electron chi connectivity index (χ1n) is 11.9. The Balaban J connectivity index is 1.30. The molecule has 10 heteroatoms. The fourth-order valence-electron chi connectivity index (χ4n) is 5.61. The van der Waals surface area contributed by atoms with E-state index in [0.717, 1.165) is 27.6 Å². The van der Waals surface area contributed by atoms with Gasteiger partial charge in [-0.3, -0.25) is 4.79 Å². The number of pyridine rings is 1. The number of alkyl halides is 3. The van der Waals surface area contributed by atoms with Crippen LogP contribution in [0.1, 0.15) is 40.8 Å². The predicted molar refractivity (Wildman–Crippen MR) is 125 cm³/mol. The van der Waals surface area contributed by atoms with Crippen LogP contribution >= 0.6 is 0 Å². The third-order valence-corrected chi connectivity index (χ3v) is 7.33. The molecule has 6 nitrogen and oxygen atoms in total. The summed E-state index contributed by atoms with van der Waals surface area (Å²) >= 11 is 0. The highest BCUT2D eigenvalue weighted by atomic mass is 19.4. The van der Waals surface area contributed by atoms with Crippen molar-refractivity contribution in [1.82, 2.24) is 14.8 Å². The number of rotatable bonds is 6. The third-order valence-electron chi connectivity index (χ3n) is 7.33. The lowest BCUT2D eigenvalue weighted by atomic mass is 10.00. The summed E-state index contributed by atoms with van der Waals surface area (Å²) in [6.45, 7) is 1.75. The van der Waals surface area contributed by atoms with Gasteiger partial charge in [-0.1, -0.05) is 19.1 Å². The van der Waals surface area contributed by atoms with Crippen LogP contribution in [0.25, 0.3) is 16.6 Å². The number of carboxylic acid groups (broad SMARTS) is 1. The summed E-state index contributed by atoms with van der Waals surface area (Å²) in [6, 6.07) is 9.51.